The van der Waals surface area contributed by atoms with E-state index in [1.54, 1.807) is 0 Å². The van der Waals surface area contributed by atoms with Crippen LogP contribution in [0.15, 0.2) is 104 Å². The number of thioether (sulfide) groups is 1. The van der Waals surface area contributed by atoms with Gasteiger partial charge in [-0.3, -0.25) is 4.79 Å². The van der Waals surface area contributed by atoms with Gasteiger partial charge in [0.25, 0.3) is 0 Å². The van der Waals surface area contributed by atoms with E-state index in [0.717, 1.165) is 38.8 Å². The van der Waals surface area contributed by atoms with E-state index in [1.165, 1.54) is 11.1 Å². The summed E-state index contributed by atoms with van der Waals surface area (Å²) in [4.78, 5) is 13.4. The number of carbonyl (C=O) groups is 1. The smallest absolute Gasteiger partial charge is 0.184 e. The van der Waals surface area contributed by atoms with E-state index in [0.29, 0.717) is 5.92 Å². The van der Waals surface area contributed by atoms with Crippen LogP contribution in [0.2, 0.25) is 0 Å². The van der Waals surface area contributed by atoms with Crippen LogP contribution in [0.5, 0.6) is 0 Å². The highest BCUT2D eigenvalue weighted by Gasteiger charge is 2.28. The Kier molecular flexibility index (Phi) is 5.14. The number of nitrogens with zero attached hydrogens (tertiary/aromatic N) is 2. The Morgan fingerprint density at radius 1 is 1.04 bits per heavy atom. The third kappa shape index (κ3) is 3.65. The van der Waals surface area contributed by atoms with E-state index in [2.05, 4.69) is 41.5 Å². The fraction of sp³-hybridized carbons (Fsp3) is 0.208. The standard InChI is InChI=1S/C24H22N2OS/c1-15-8-10-20(11-9-15)25-26-22(19-12-16(2)23(27)17(3)13-19)24-21-7-5-4-6-18(21)14-28-24/h4-13,18H,14H2,1-3H3. The molecule has 1 aromatic carbocycles. The van der Waals surface area contributed by atoms with Crippen LogP contribution in [0, 0.1) is 12.8 Å². The third-order valence-corrected chi connectivity index (χ3v) is 6.29. The molecular weight excluding hydrogens is 364 g/mol. The predicted molar refractivity (Wildman–Crippen MR) is 116 cm³/mol. The molecule has 1 aromatic rings. The van der Waals surface area contributed by atoms with Crippen LogP contribution >= 0.6 is 11.8 Å². The first-order chi connectivity index (χ1) is 13.5. The number of azo groups is 1. The summed E-state index contributed by atoms with van der Waals surface area (Å²) in [5.74, 6) is 1.51. The van der Waals surface area contributed by atoms with Crippen molar-refractivity contribution >= 4 is 23.2 Å². The summed E-state index contributed by atoms with van der Waals surface area (Å²) in [6.07, 6.45) is 12.4. The summed E-state index contributed by atoms with van der Waals surface area (Å²) in [5.41, 5.74) is 6.56. The fourth-order valence-corrected chi connectivity index (χ4v) is 4.79. The Hall–Kier alpha value is -2.72. The van der Waals surface area contributed by atoms with Crippen molar-refractivity contribution in [1.82, 2.24) is 0 Å². The highest BCUT2D eigenvalue weighted by molar-refractivity contribution is 8.03. The van der Waals surface area contributed by atoms with Crippen LogP contribution in [0.25, 0.3) is 0 Å². The van der Waals surface area contributed by atoms with E-state index < -0.39 is 0 Å². The van der Waals surface area contributed by atoms with Gasteiger partial charge in [-0.15, -0.1) is 16.9 Å². The monoisotopic (exact) mass is 386 g/mol. The zero-order valence-corrected chi connectivity index (χ0v) is 17.1. The molecule has 3 nitrogen and oxygen atoms in total. The summed E-state index contributed by atoms with van der Waals surface area (Å²) in [5, 5.41) is 9.19. The number of ketones is 1. The lowest BCUT2D eigenvalue weighted by molar-refractivity contribution is -0.112. The van der Waals surface area contributed by atoms with Crippen molar-refractivity contribution in [2.45, 2.75) is 20.8 Å². The van der Waals surface area contributed by atoms with Gasteiger partial charge in [-0.25, -0.2) is 0 Å². The molecule has 3 aliphatic rings. The molecule has 2 aliphatic carbocycles. The lowest BCUT2D eigenvalue weighted by Crippen LogP contribution is -2.07. The molecule has 1 aliphatic heterocycles. The van der Waals surface area contributed by atoms with E-state index in [4.69, 9.17) is 0 Å². The van der Waals surface area contributed by atoms with Crippen molar-refractivity contribution in [2.24, 2.45) is 16.1 Å². The van der Waals surface area contributed by atoms with Crippen LogP contribution in [-0.4, -0.2) is 11.5 Å². The number of hydrogen-bond donors (Lipinski definition) is 0. The molecule has 0 radical (unpaired) electrons. The molecule has 0 aromatic heterocycles. The lowest BCUT2D eigenvalue weighted by atomic mass is 9.92. The fourth-order valence-electron chi connectivity index (χ4n) is 3.48. The summed E-state index contributed by atoms with van der Waals surface area (Å²) < 4.78 is 0. The Bertz CT molecular complexity index is 1020. The first-order valence-electron chi connectivity index (χ1n) is 9.39. The second kappa shape index (κ2) is 7.72. The normalized spacial score (nSPS) is 21.3. The molecule has 0 saturated carbocycles. The van der Waals surface area contributed by atoms with Gasteiger partial charge in [0.15, 0.2) is 5.78 Å². The number of benzene rings is 1. The Labute approximate surface area is 170 Å². The number of rotatable bonds is 3. The molecule has 1 atom stereocenters. The zero-order valence-electron chi connectivity index (χ0n) is 16.3. The van der Waals surface area contributed by atoms with Crippen molar-refractivity contribution in [3.8, 4) is 0 Å². The van der Waals surface area contributed by atoms with E-state index in [-0.39, 0.29) is 5.78 Å². The molecule has 0 N–H and O–H groups in total. The van der Waals surface area contributed by atoms with Crippen LogP contribution in [0.4, 0.5) is 5.69 Å². The molecule has 0 fully saturated rings. The van der Waals surface area contributed by atoms with Gasteiger partial charge in [0.05, 0.1) is 5.69 Å². The number of hydrogen-bond acceptors (Lipinski definition) is 4. The van der Waals surface area contributed by atoms with E-state index in [9.17, 15) is 4.79 Å². The van der Waals surface area contributed by atoms with Crippen molar-refractivity contribution in [3.05, 3.63) is 99.2 Å². The molecule has 0 amide bonds. The number of carbonyl (C=O) groups excluding carboxylic acids is 1. The van der Waals surface area contributed by atoms with Gasteiger partial charge in [0.1, 0.15) is 5.70 Å². The molecule has 4 rings (SSSR count). The molecule has 0 spiro atoms. The van der Waals surface area contributed by atoms with Gasteiger partial charge >= 0.3 is 0 Å². The number of Topliss-reactive ketones (excluding diaryl/α,β-unsaturated/α-hetero) is 1. The molecule has 28 heavy (non-hydrogen) atoms. The van der Waals surface area contributed by atoms with E-state index in [1.807, 2.05) is 62.0 Å². The lowest BCUT2D eigenvalue weighted by Gasteiger charge is -2.14. The third-order valence-electron chi connectivity index (χ3n) is 5.05. The first-order valence-corrected chi connectivity index (χ1v) is 10.4. The second-order valence-electron chi connectivity index (χ2n) is 7.27. The largest absolute Gasteiger partial charge is 0.289 e. The van der Waals surface area contributed by atoms with Crippen molar-refractivity contribution in [3.63, 3.8) is 0 Å². The summed E-state index contributed by atoms with van der Waals surface area (Å²) >= 11 is 1.81. The molecular formula is C24H22N2OS. The zero-order chi connectivity index (χ0) is 19.7. The average molecular weight is 387 g/mol. The Morgan fingerprint density at radius 2 is 1.75 bits per heavy atom. The minimum absolute atomic E-state index is 0.0914. The van der Waals surface area contributed by atoms with Crippen molar-refractivity contribution < 1.29 is 4.79 Å². The van der Waals surface area contributed by atoms with Crippen molar-refractivity contribution in [2.75, 3.05) is 5.75 Å². The molecule has 0 bridgehead atoms. The van der Waals surface area contributed by atoms with Crippen molar-refractivity contribution in [1.29, 1.82) is 0 Å². The SMILES string of the molecule is CC1=CC(=C(N=Nc2ccc(C)cc2)C2=C3C=CC=CC3CS2)C=C(C)C1=O. The Balaban J connectivity index is 1.84. The maximum Gasteiger partial charge on any atom is 0.184 e. The number of allylic oxidation sites excluding steroid dienone is 10. The van der Waals surface area contributed by atoms with Crippen LogP contribution in [-0.2, 0) is 4.79 Å². The van der Waals surface area contributed by atoms with Crippen LogP contribution in [0.1, 0.15) is 19.4 Å². The van der Waals surface area contributed by atoms with Gasteiger partial charge in [-0.1, -0.05) is 42.0 Å². The highest BCUT2D eigenvalue weighted by Crippen LogP contribution is 2.45. The Morgan fingerprint density at radius 3 is 2.46 bits per heavy atom. The quantitative estimate of drug-likeness (QED) is 0.553. The molecule has 1 heterocycles. The minimum atomic E-state index is 0.0914. The minimum Gasteiger partial charge on any atom is -0.289 e. The van der Waals surface area contributed by atoms with Gasteiger partial charge in [-0.2, -0.15) is 5.11 Å². The molecule has 140 valence electrons. The maximum atomic E-state index is 12.2. The highest BCUT2D eigenvalue weighted by atomic mass is 32.2. The maximum absolute atomic E-state index is 12.2. The molecule has 0 saturated heterocycles. The van der Waals surface area contributed by atoms with Gasteiger partial charge in [0, 0.05) is 22.1 Å². The first kappa shape index (κ1) is 18.6. The predicted octanol–water partition coefficient (Wildman–Crippen LogP) is 6.55. The van der Waals surface area contributed by atoms with Crippen LogP contribution in [0.3, 0.4) is 0 Å². The topological polar surface area (TPSA) is 41.8 Å². The molecule has 4 heteroatoms. The summed E-state index contributed by atoms with van der Waals surface area (Å²) in [6, 6.07) is 8.01. The van der Waals surface area contributed by atoms with E-state index >= 15 is 0 Å². The van der Waals surface area contributed by atoms with Gasteiger partial charge in [-0.05, 0) is 61.8 Å². The molecule has 1 unspecified atom stereocenters. The average Bonchev–Trinajstić information content (AvgIpc) is 3.12. The second-order valence-corrected chi connectivity index (χ2v) is 8.30. The number of fused-ring (bicyclic) bond motifs is 1. The van der Waals surface area contributed by atoms with Gasteiger partial charge < -0.3 is 0 Å². The summed E-state index contributed by atoms with van der Waals surface area (Å²) in [6.45, 7) is 5.78. The van der Waals surface area contributed by atoms with Crippen LogP contribution < -0.4 is 0 Å². The number of aryl methyl sites for hydroxylation is 1. The summed E-state index contributed by atoms with van der Waals surface area (Å²) in [7, 11) is 0. The van der Waals surface area contributed by atoms with Gasteiger partial charge in [0.2, 0.25) is 0 Å².